The molecule has 0 unspecified atom stereocenters. The lowest BCUT2D eigenvalue weighted by Crippen LogP contribution is -2.12. The van der Waals surface area contributed by atoms with E-state index in [4.69, 9.17) is 15.2 Å². The molecule has 0 amide bonds. The van der Waals surface area contributed by atoms with Gasteiger partial charge in [-0.05, 0) is 17.7 Å². The van der Waals surface area contributed by atoms with Crippen molar-refractivity contribution < 1.29 is 14.3 Å². The summed E-state index contributed by atoms with van der Waals surface area (Å²) in [4.78, 5) is 15.6. The maximum atomic E-state index is 11.6. The number of esters is 1. The van der Waals surface area contributed by atoms with Crippen molar-refractivity contribution in [3.8, 4) is 5.75 Å². The smallest absolute Gasteiger partial charge is 0.358 e. The number of carbonyl (C=O) groups excluding carboxylic acids is 1. The Bertz CT molecular complexity index is 575. The third-order valence-electron chi connectivity index (χ3n) is 2.76. The molecule has 2 rings (SSSR count). The number of ether oxygens (including phenoxy) is 2. The molecule has 19 heavy (non-hydrogen) atoms. The zero-order chi connectivity index (χ0) is 13.8. The number of benzene rings is 1. The van der Waals surface area contributed by atoms with Crippen molar-refractivity contribution in [1.29, 1.82) is 0 Å². The SMILES string of the molecule is COC(=O)c1c(N)ncn1Cc1ccc(OC)cc1. The van der Waals surface area contributed by atoms with Crippen molar-refractivity contribution in [3.05, 3.63) is 41.9 Å². The lowest BCUT2D eigenvalue weighted by Gasteiger charge is -2.08. The Morgan fingerprint density at radius 3 is 2.58 bits per heavy atom. The average molecular weight is 261 g/mol. The number of rotatable bonds is 4. The summed E-state index contributed by atoms with van der Waals surface area (Å²) in [5, 5.41) is 0. The summed E-state index contributed by atoms with van der Waals surface area (Å²) in [5.41, 5.74) is 6.93. The van der Waals surface area contributed by atoms with Crippen LogP contribution in [0.1, 0.15) is 16.1 Å². The standard InChI is InChI=1S/C13H15N3O3/c1-18-10-5-3-9(4-6-10)7-16-8-15-12(14)11(16)13(17)19-2/h3-6,8H,7,14H2,1-2H3. The van der Waals surface area contributed by atoms with Crippen molar-refractivity contribution in [2.24, 2.45) is 0 Å². The number of hydrogen-bond donors (Lipinski definition) is 1. The molecule has 0 aliphatic carbocycles. The minimum atomic E-state index is -0.497. The van der Waals surface area contributed by atoms with E-state index in [0.717, 1.165) is 11.3 Å². The summed E-state index contributed by atoms with van der Waals surface area (Å²) < 4.78 is 11.4. The highest BCUT2D eigenvalue weighted by Crippen LogP contribution is 2.16. The van der Waals surface area contributed by atoms with Crippen LogP contribution < -0.4 is 10.5 Å². The van der Waals surface area contributed by atoms with Gasteiger partial charge in [0.15, 0.2) is 11.5 Å². The summed E-state index contributed by atoms with van der Waals surface area (Å²) in [5.74, 6) is 0.450. The molecule has 100 valence electrons. The summed E-state index contributed by atoms with van der Waals surface area (Å²) in [7, 11) is 2.92. The first-order valence-corrected chi connectivity index (χ1v) is 5.67. The fourth-order valence-corrected chi connectivity index (χ4v) is 1.76. The van der Waals surface area contributed by atoms with E-state index in [2.05, 4.69) is 4.98 Å². The highest BCUT2D eigenvalue weighted by atomic mass is 16.5. The maximum absolute atomic E-state index is 11.6. The van der Waals surface area contributed by atoms with Gasteiger partial charge in [-0.15, -0.1) is 0 Å². The van der Waals surface area contributed by atoms with Crippen molar-refractivity contribution in [2.75, 3.05) is 20.0 Å². The highest BCUT2D eigenvalue weighted by molar-refractivity contribution is 5.92. The van der Waals surface area contributed by atoms with Gasteiger partial charge < -0.3 is 19.8 Å². The van der Waals surface area contributed by atoms with Gasteiger partial charge in [-0.25, -0.2) is 9.78 Å². The Labute approximate surface area is 110 Å². The first-order valence-electron chi connectivity index (χ1n) is 5.67. The van der Waals surface area contributed by atoms with Gasteiger partial charge in [0.1, 0.15) is 5.75 Å². The molecule has 6 heteroatoms. The number of hydrogen-bond acceptors (Lipinski definition) is 5. The number of carbonyl (C=O) groups is 1. The minimum Gasteiger partial charge on any atom is -0.497 e. The maximum Gasteiger partial charge on any atom is 0.358 e. The second-order valence-electron chi connectivity index (χ2n) is 3.95. The largest absolute Gasteiger partial charge is 0.497 e. The molecule has 2 aromatic rings. The number of nitrogens with two attached hydrogens (primary N) is 1. The number of imidazole rings is 1. The van der Waals surface area contributed by atoms with Gasteiger partial charge in [-0.3, -0.25) is 0 Å². The molecule has 0 radical (unpaired) electrons. The normalized spacial score (nSPS) is 10.2. The van der Waals surface area contributed by atoms with Crippen LogP contribution in [0.3, 0.4) is 0 Å². The van der Waals surface area contributed by atoms with Crippen LogP contribution in [0, 0.1) is 0 Å². The van der Waals surface area contributed by atoms with Crippen molar-refractivity contribution in [3.63, 3.8) is 0 Å². The number of nitrogen functional groups attached to an aromatic ring is 1. The van der Waals surface area contributed by atoms with Crippen LogP contribution >= 0.6 is 0 Å². The van der Waals surface area contributed by atoms with Gasteiger partial charge in [-0.2, -0.15) is 0 Å². The topological polar surface area (TPSA) is 79.4 Å². The predicted molar refractivity (Wildman–Crippen MR) is 70.1 cm³/mol. The Morgan fingerprint density at radius 2 is 2.00 bits per heavy atom. The van der Waals surface area contributed by atoms with E-state index >= 15 is 0 Å². The van der Waals surface area contributed by atoms with Crippen LogP contribution in [-0.4, -0.2) is 29.7 Å². The van der Waals surface area contributed by atoms with Crippen LogP contribution in [0.5, 0.6) is 5.75 Å². The van der Waals surface area contributed by atoms with Gasteiger partial charge in [0.2, 0.25) is 0 Å². The Morgan fingerprint density at radius 1 is 1.32 bits per heavy atom. The number of nitrogens with zero attached hydrogens (tertiary/aromatic N) is 2. The van der Waals surface area contributed by atoms with E-state index in [1.807, 2.05) is 24.3 Å². The molecule has 6 nitrogen and oxygen atoms in total. The van der Waals surface area contributed by atoms with Crippen LogP contribution in [0.25, 0.3) is 0 Å². The summed E-state index contributed by atoms with van der Waals surface area (Å²) >= 11 is 0. The van der Waals surface area contributed by atoms with E-state index < -0.39 is 5.97 Å². The molecule has 0 saturated heterocycles. The number of anilines is 1. The lowest BCUT2D eigenvalue weighted by molar-refractivity contribution is 0.0590. The Balaban J connectivity index is 2.25. The molecule has 0 aliphatic heterocycles. The van der Waals surface area contributed by atoms with Gasteiger partial charge in [0.05, 0.1) is 20.5 Å². The Hall–Kier alpha value is -2.50. The van der Waals surface area contributed by atoms with Crippen LogP contribution in [-0.2, 0) is 11.3 Å². The van der Waals surface area contributed by atoms with E-state index in [9.17, 15) is 4.79 Å². The fraction of sp³-hybridized carbons (Fsp3) is 0.231. The van der Waals surface area contributed by atoms with Gasteiger partial charge in [-0.1, -0.05) is 12.1 Å². The van der Waals surface area contributed by atoms with Crippen molar-refractivity contribution in [2.45, 2.75) is 6.54 Å². The van der Waals surface area contributed by atoms with E-state index in [0.29, 0.717) is 6.54 Å². The molecular formula is C13H15N3O3. The number of aromatic nitrogens is 2. The van der Waals surface area contributed by atoms with E-state index in [1.54, 1.807) is 11.7 Å². The van der Waals surface area contributed by atoms with Gasteiger partial charge >= 0.3 is 5.97 Å². The lowest BCUT2D eigenvalue weighted by atomic mass is 10.2. The molecule has 0 bridgehead atoms. The van der Waals surface area contributed by atoms with Crippen LogP contribution in [0.15, 0.2) is 30.6 Å². The summed E-state index contributed by atoms with van der Waals surface area (Å²) in [6.45, 7) is 0.485. The van der Waals surface area contributed by atoms with Gasteiger partial charge in [0.25, 0.3) is 0 Å². The van der Waals surface area contributed by atoms with E-state index in [1.165, 1.54) is 13.4 Å². The van der Waals surface area contributed by atoms with Crippen molar-refractivity contribution in [1.82, 2.24) is 9.55 Å². The zero-order valence-corrected chi connectivity index (χ0v) is 10.8. The van der Waals surface area contributed by atoms with E-state index in [-0.39, 0.29) is 11.5 Å². The molecule has 1 heterocycles. The summed E-state index contributed by atoms with van der Waals surface area (Å²) in [6, 6.07) is 7.53. The molecule has 0 atom stereocenters. The molecule has 1 aromatic carbocycles. The summed E-state index contributed by atoms with van der Waals surface area (Å²) in [6.07, 6.45) is 1.52. The molecule has 0 saturated carbocycles. The highest BCUT2D eigenvalue weighted by Gasteiger charge is 2.17. The zero-order valence-electron chi connectivity index (χ0n) is 10.8. The molecule has 2 N–H and O–H groups in total. The Kier molecular flexibility index (Phi) is 3.70. The third kappa shape index (κ3) is 2.67. The van der Waals surface area contributed by atoms with Crippen molar-refractivity contribution >= 4 is 11.8 Å². The predicted octanol–water partition coefficient (Wildman–Crippen LogP) is 1.31. The minimum absolute atomic E-state index is 0.167. The average Bonchev–Trinajstić information content (AvgIpc) is 2.80. The van der Waals surface area contributed by atoms with Crippen LogP contribution in [0.4, 0.5) is 5.82 Å². The quantitative estimate of drug-likeness (QED) is 0.839. The molecule has 0 spiro atoms. The van der Waals surface area contributed by atoms with Gasteiger partial charge in [0, 0.05) is 6.54 Å². The third-order valence-corrected chi connectivity index (χ3v) is 2.76. The first-order chi connectivity index (χ1) is 9.15. The fourth-order valence-electron chi connectivity index (χ4n) is 1.76. The monoisotopic (exact) mass is 261 g/mol. The molecule has 0 aliphatic rings. The number of methoxy groups -OCH3 is 2. The molecule has 1 aromatic heterocycles. The second-order valence-corrected chi connectivity index (χ2v) is 3.95. The first kappa shape index (κ1) is 12.9. The second kappa shape index (κ2) is 5.43. The van der Waals surface area contributed by atoms with Crippen LogP contribution in [0.2, 0.25) is 0 Å². The molecular weight excluding hydrogens is 246 g/mol. The molecule has 0 fully saturated rings.